The number of allylic oxidation sites excluding steroid dienone is 1. The zero-order valence-electron chi connectivity index (χ0n) is 15.9. The minimum Gasteiger partial charge on any atom is -0.508 e. The number of rotatable bonds is 5. The lowest BCUT2D eigenvalue weighted by Crippen LogP contribution is -2.42. The molecule has 0 saturated carbocycles. The standard InChI is InChI=1S/C22H33NO/c1-6-17(4)11-13-23-14-12-22(7-2,8-3)21-16-20(24)10-9-19(21)15-18(23)5/h9-11,16,18H,2,6-8,12-15H2,1,3-5H3/p+1/b17-11+. The lowest BCUT2D eigenvalue weighted by atomic mass is 9.70. The van der Waals surface area contributed by atoms with Gasteiger partial charge in [0, 0.05) is 18.0 Å². The molecule has 1 aromatic carbocycles. The van der Waals surface area contributed by atoms with Crippen LogP contribution in [0.15, 0.2) is 29.8 Å². The molecule has 1 heterocycles. The smallest absolute Gasteiger partial charge is 0.115 e. The van der Waals surface area contributed by atoms with Crippen LogP contribution in [0.5, 0.6) is 5.75 Å². The van der Waals surface area contributed by atoms with Crippen molar-refractivity contribution < 1.29 is 5.11 Å². The van der Waals surface area contributed by atoms with Crippen LogP contribution in [0.25, 0.3) is 0 Å². The van der Waals surface area contributed by atoms with Crippen molar-refractivity contribution in [2.45, 2.75) is 71.3 Å². The summed E-state index contributed by atoms with van der Waals surface area (Å²) in [4.78, 5) is 2.61. The Morgan fingerprint density at radius 3 is 2.79 bits per heavy atom. The van der Waals surface area contributed by atoms with Crippen LogP contribution < -0.4 is 0 Å². The number of aromatic hydroxyl groups is 1. The van der Waals surface area contributed by atoms with E-state index in [1.54, 1.807) is 0 Å². The molecule has 0 aliphatic carbocycles. The maximum absolute atomic E-state index is 10.0. The van der Waals surface area contributed by atoms with Gasteiger partial charge < -0.3 is 5.11 Å². The van der Waals surface area contributed by atoms with Crippen LogP contribution in [-0.4, -0.2) is 29.1 Å². The molecule has 1 aliphatic heterocycles. The summed E-state index contributed by atoms with van der Waals surface area (Å²) in [5, 5.41) is 10.0. The molecule has 2 unspecified atom stereocenters. The molecule has 0 bridgehead atoms. The minimum atomic E-state index is 0.0793. The molecule has 2 heteroatoms. The fraction of sp³-hybridized carbons (Fsp3) is 0.591. The molecule has 1 aliphatic rings. The highest BCUT2D eigenvalue weighted by molar-refractivity contribution is 5.41. The maximum atomic E-state index is 10.0. The van der Waals surface area contributed by atoms with Gasteiger partial charge in [-0.2, -0.15) is 0 Å². The Kier molecular flexibility index (Phi) is 6.40. The summed E-state index contributed by atoms with van der Waals surface area (Å²) in [6.45, 7) is 15.4. The van der Waals surface area contributed by atoms with Crippen LogP contribution in [0.2, 0.25) is 0 Å². The highest BCUT2D eigenvalue weighted by Crippen LogP contribution is 2.40. The Morgan fingerprint density at radius 1 is 1.42 bits per heavy atom. The third-order valence-electron chi connectivity index (χ3n) is 6.07. The van der Waals surface area contributed by atoms with E-state index < -0.39 is 0 Å². The van der Waals surface area contributed by atoms with Crippen molar-refractivity contribution in [3.8, 4) is 5.75 Å². The number of hydrogen-bond acceptors (Lipinski definition) is 2. The lowest BCUT2D eigenvalue weighted by molar-refractivity contribution is 0.189. The fourth-order valence-electron chi connectivity index (χ4n) is 3.89. The average molecular weight is 329 g/mol. The van der Waals surface area contributed by atoms with E-state index in [2.05, 4.69) is 51.7 Å². The Hall–Kier alpha value is -1.41. The third-order valence-corrected chi connectivity index (χ3v) is 6.07. The van der Waals surface area contributed by atoms with Crippen molar-refractivity contribution in [2.75, 3.05) is 13.1 Å². The van der Waals surface area contributed by atoms with Crippen molar-refractivity contribution in [1.29, 1.82) is 0 Å². The second kappa shape index (κ2) is 8.11. The van der Waals surface area contributed by atoms with Gasteiger partial charge in [0.1, 0.15) is 5.75 Å². The first-order valence-corrected chi connectivity index (χ1v) is 9.47. The zero-order chi connectivity index (χ0) is 17.7. The number of phenols is 1. The van der Waals surface area contributed by atoms with Crippen molar-refractivity contribution in [1.82, 2.24) is 4.90 Å². The minimum absolute atomic E-state index is 0.0793. The first kappa shape index (κ1) is 18.9. The molecule has 24 heavy (non-hydrogen) atoms. The van der Waals surface area contributed by atoms with Crippen molar-refractivity contribution in [3.05, 3.63) is 47.9 Å². The topological polar surface area (TPSA) is 23.5 Å². The predicted octanol–water partition coefficient (Wildman–Crippen LogP) is 5.26. The van der Waals surface area contributed by atoms with Crippen LogP contribution in [0, 0.1) is 6.92 Å². The largest absolute Gasteiger partial charge is 0.508 e. The monoisotopic (exact) mass is 328 g/mol. The van der Waals surface area contributed by atoms with Crippen molar-refractivity contribution in [2.24, 2.45) is 0 Å². The third kappa shape index (κ3) is 3.97. The van der Waals surface area contributed by atoms with Crippen LogP contribution in [0.3, 0.4) is 0 Å². The summed E-state index contributed by atoms with van der Waals surface area (Å²) in [7, 11) is 0. The molecular formula is C22H34NO+. The Labute approximate surface area is 148 Å². The normalized spacial score (nSPS) is 25.8. The molecule has 0 saturated heterocycles. The molecule has 2 rings (SSSR count). The molecule has 0 radical (unpaired) electrons. The second-order valence-corrected chi connectivity index (χ2v) is 7.43. The summed E-state index contributed by atoms with van der Waals surface area (Å²) >= 11 is 0. The average Bonchev–Trinajstić information content (AvgIpc) is 2.58. The molecule has 1 N–H and O–H groups in total. The molecule has 2 nitrogen and oxygen atoms in total. The van der Waals surface area contributed by atoms with Gasteiger partial charge in [-0.05, 0) is 69.3 Å². The van der Waals surface area contributed by atoms with E-state index in [9.17, 15) is 5.11 Å². The van der Waals surface area contributed by atoms with Gasteiger partial charge in [-0.1, -0.05) is 31.6 Å². The Balaban J connectivity index is 2.36. The van der Waals surface area contributed by atoms with Gasteiger partial charge in [0.25, 0.3) is 0 Å². The highest BCUT2D eigenvalue weighted by atomic mass is 16.3. The molecule has 0 spiro atoms. The van der Waals surface area contributed by atoms with Gasteiger partial charge in [0.2, 0.25) is 0 Å². The van der Waals surface area contributed by atoms with E-state index in [1.165, 1.54) is 16.7 Å². The second-order valence-electron chi connectivity index (χ2n) is 7.43. The van der Waals surface area contributed by atoms with Gasteiger partial charge in [0.05, 0.1) is 13.3 Å². The van der Waals surface area contributed by atoms with E-state index in [0.29, 0.717) is 11.8 Å². The van der Waals surface area contributed by atoms with E-state index in [-0.39, 0.29) is 5.41 Å². The van der Waals surface area contributed by atoms with Gasteiger partial charge in [-0.3, -0.25) is 4.90 Å². The Morgan fingerprint density at radius 2 is 2.17 bits per heavy atom. The predicted molar refractivity (Wildman–Crippen MR) is 103 cm³/mol. The number of hydrogen-bond donors (Lipinski definition) is 1. The molecule has 0 amide bonds. The zero-order valence-corrected chi connectivity index (χ0v) is 15.9. The molecule has 132 valence electrons. The molecule has 1 aromatic rings. The SMILES string of the molecule is [CH2+]CC1(CC)CCN(C/C=C(\C)CC)C(C)Cc2ccc(O)cc21. The van der Waals surface area contributed by atoms with Gasteiger partial charge >= 0.3 is 0 Å². The van der Waals surface area contributed by atoms with Gasteiger partial charge in [-0.25, -0.2) is 0 Å². The summed E-state index contributed by atoms with van der Waals surface area (Å²) in [6.07, 6.45) is 7.60. The summed E-state index contributed by atoms with van der Waals surface area (Å²) in [6, 6.07) is 6.46. The van der Waals surface area contributed by atoms with Crippen LogP contribution >= 0.6 is 0 Å². The van der Waals surface area contributed by atoms with E-state index in [1.807, 2.05) is 12.1 Å². The van der Waals surface area contributed by atoms with Gasteiger partial charge in [-0.15, -0.1) is 0 Å². The van der Waals surface area contributed by atoms with E-state index in [4.69, 9.17) is 0 Å². The number of benzene rings is 1. The quantitative estimate of drug-likeness (QED) is 0.589. The number of fused-ring (bicyclic) bond motifs is 1. The number of phenolic OH excluding ortho intramolecular Hbond substituents is 1. The molecular weight excluding hydrogens is 294 g/mol. The Bertz CT molecular complexity index is 571. The van der Waals surface area contributed by atoms with E-state index >= 15 is 0 Å². The number of nitrogens with zero attached hydrogens (tertiary/aromatic N) is 1. The summed E-state index contributed by atoms with van der Waals surface area (Å²) < 4.78 is 0. The van der Waals surface area contributed by atoms with E-state index in [0.717, 1.165) is 45.2 Å². The fourth-order valence-corrected chi connectivity index (χ4v) is 3.89. The summed E-state index contributed by atoms with van der Waals surface area (Å²) in [5.41, 5.74) is 4.25. The van der Waals surface area contributed by atoms with Crippen LogP contribution in [0.4, 0.5) is 0 Å². The van der Waals surface area contributed by atoms with Crippen LogP contribution in [-0.2, 0) is 11.8 Å². The lowest BCUT2D eigenvalue weighted by Gasteiger charge is -2.39. The maximum Gasteiger partial charge on any atom is 0.115 e. The molecule has 2 atom stereocenters. The first-order chi connectivity index (χ1) is 11.5. The summed E-state index contributed by atoms with van der Waals surface area (Å²) in [5.74, 6) is 0.381. The van der Waals surface area contributed by atoms with Gasteiger partial charge in [0.15, 0.2) is 0 Å². The van der Waals surface area contributed by atoms with Crippen LogP contribution in [0.1, 0.15) is 64.5 Å². The van der Waals surface area contributed by atoms with Crippen molar-refractivity contribution >= 4 is 0 Å². The molecule has 0 fully saturated rings. The van der Waals surface area contributed by atoms with Crippen molar-refractivity contribution in [3.63, 3.8) is 0 Å². The first-order valence-electron chi connectivity index (χ1n) is 9.47. The highest BCUT2D eigenvalue weighted by Gasteiger charge is 2.36. The molecule has 0 aromatic heterocycles.